The summed E-state index contributed by atoms with van der Waals surface area (Å²) < 4.78 is 0. The Morgan fingerprint density at radius 2 is 2.18 bits per heavy atom. The first-order valence-electron chi connectivity index (χ1n) is 7.52. The van der Waals surface area contributed by atoms with Crippen molar-refractivity contribution < 1.29 is 0 Å². The van der Waals surface area contributed by atoms with Gasteiger partial charge in [-0.05, 0) is 43.7 Å². The predicted octanol–water partition coefficient (Wildman–Crippen LogP) is 4.66. The number of thiazole rings is 1. The van der Waals surface area contributed by atoms with Crippen LogP contribution < -0.4 is 5.43 Å². The van der Waals surface area contributed by atoms with Crippen molar-refractivity contribution in [3.63, 3.8) is 0 Å². The van der Waals surface area contributed by atoms with Crippen molar-refractivity contribution in [3.8, 4) is 17.3 Å². The Balaban J connectivity index is 1.68. The van der Waals surface area contributed by atoms with Crippen molar-refractivity contribution in [1.29, 1.82) is 5.26 Å². The molecule has 1 N–H and O–H groups in total. The van der Waals surface area contributed by atoms with Gasteiger partial charge in [0.1, 0.15) is 0 Å². The molecule has 0 bridgehead atoms. The lowest BCUT2D eigenvalue weighted by Gasteiger charge is -2.18. The fourth-order valence-electron chi connectivity index (χ4n) is 2.66. The molecule has 0 saturated heterocycles. The molecule has 4 nitrogen and oxygen atoms in total. The fraction of sp³-hybridized carbons (Fsp3) is 0.353. The Hall–Kier alpha value is -2.19. The summed E-state index contributed by atoms with van der Waals surface area (Å²) in [5.41, 5.74) is 6.92. The van der Waals surface area contributed by atoms with Crippen molar-refractivity contribution in [3.05, 3.63) is 35.2 Å². The molecule has 0 unspecified atom stereocenters. The number of anilines is 1. The largest absolute Gasteiger partial charge is 0.253 e. The Labute approximate surface area is 134 Å². The molecule has 1 aliphatic carbocycles. The molecule has 0 aliphatic heterocycles. The third-order valence-corrected chi connectivity index (χ3v) is 4.62. The molecule has 1 aromatic heterocycles. The van der Waals surface area contributed by atoms with Gasteiger partial charge in [-0.1, -0.05) is 19.1 Å². The highest BCUT2D eigenvalue weighted by Crippen LogP contribution is 2.26. The Morgan fingerprint density at radius 1 is 1.36 bits per heavy atom. The van der Waals surface area contributed by atoms with Crippen LogP contribution in [-0.2, 0) is 0 Å². The molecule has 1 atom stereocenters. The van der Waals surface area contributed by atoms with E-state index in [0.717, 1.165) is 35.1 Å². The SMILES string of the molecule is C[C@H]1CCC/C(=N\Nc2nc(-c3ccc(C#N)cc3)cs2)C1. The standard InChI is InChI=1S/C17H18N4S/c1-12-3-2-4-15(9-12)20-21-17-19-16(11-22-17)14-7-5-13(10-18)6-8-14/h5-8,11-12H,2-4,9H2,1H3,(H,19,21)/b20-15+/t12-/m0/s1. The molecule has 0 spiro atoms. The van der Waals surface area contributed by atoms with E-state index < -0.39 is 0 Å². The highest BCUT2D eigenvalue weighted by atomic mass is 32.1. The molecule has 1 aliphatic rings. The van der Waals surface area contributed by atoms with Gasteiger partial charge in [-0.25, -0.2) is 4.98 Å². The summed E-state index contributed by atoms with van der Waals surface area (Å²) in [7, 11) is 0. The zero-order valence-electron chi connectivity index (χ0n) is 12.5. The van der Waals surface area contributed by atoms with E-state index in [2.05, 4.69) is 28.5 Å². The van der Waals surface area contributed by atoms with E-state index >= 15 is 0 Å². The number of aromatic nitrogens is 1. The molecule has 0 radical (unpaired) electrons. The topological polar surface area (TPSA) is 61.1 Å². The predicted molar refractivity (Wildman–Crippen MR) is 91.0 cm³/mol. The van der Waals surface area contributed by atoms with Gasteiger partial charge in [-0.2, -0.15) is 10.4 Å². The third-order valence-electron chi connectivity index (χ3n) is 3.87. The molecule has 3 rings (SSSR count). The Kier molecular flexibility index (Phi) is 4.50. The number of nitrogens with zero attached hydrogens (tertiary/aromatic N) is 3. The normalized spacial score (nSPS) is 19.8. The van der Waals surface area contributed by atoms with E-state index in [1.165, 1.54) is 18.6 Å². The molecule has 1 heterocycles. The zero-order valence-corrected chi connectivity index (χ0v) is 13.4. The third kappa shape index (κ3) is 3.52. The summed E-state index contributed by atoms with van der Waals surface area (Å²) in [6.07, 6.45) is 4.71. The number of hydrogen-bond donors (Lipinski definition) is 1. The van der Waals surface area contributed by atoms with E-state index in [1.54, 1.807) is 11.3 Å². The van der Waals surface area contributed by atoms with Gasteiger partial charge in [-0.3, -0.25) is 5.43 Å². The van der Waals surface area contributed by atoms with E-state index in [0.29, 0.717) is 5.56 Å². The average Bonchev–Trinajstić information content (AvgIpc) is 3.02. The van der Waals surface area contributed by atoms with Crippen molar-refractivity contribution in [2.24, 2.45) is 11.0 Å². The van der Waals surface area contributed by atoms with Crippen LogP contribution in [0.2, 0.25) is 0 Å². The van der Waals surface area contributed by atoms with Crippen molar-refractivity contribution in [1.82, 2.24) is 4.98 Å². The summed E-state index contributed by atoms with van der Waals surface area (Å²) in [4.78, 5) is 4.56. The molecule has 0 amide bonds. The number of nitrogens with one attached hydrogen (secondary N) is 1. The second-order valence-electron chi connectivity index (χ2n) is 5.72. The van der Waals surface area contributed by atoms with Crippen LogP contribution in [0, 0.1) is 17.2 Å². The molecular formula is C17H18N4S. The van der Waals surface area contributed by atoms with Gasteiger partial charge in [-0.15, -0.1) is 11.3 Å². The van der Waals surface area contributed by atoms with Crippen molar-refractivity contribution in [2.75, 3.05) is 5.43 Å². The van der Waals surface area contributed by atoms with Gasteiger partial charge in [0, 0.05) is 16.7 Å². The van der Waals surface area contributed by atoms with Crippen LogP contribution >= 0.6 is 11.3 Å². The summed E-state index contributed by atoms with van der Waals surface area (Å²) in [5.74, 6) is 0.736. The second-order valence-corrected chi connectivity index (χ2v) is 6.58. The molecule has 2 aromatic rings. The zero-order chi connectivity index (χ0) is 15.4. The van der Waals surface area contributed by atoms with E-state index in [4.69, 9.17) is 5.26 Å². The highest BCUT2D eigenvalue weighted by Gasteiger charge is 2.14. The number of hydrogen-bond acceptors (Lipinski definition) is 5. The van der Waals surface area contributed by atoms with Gasteiger partial charge < -0.3 is 0 Å². The Morgan fingerprint density at radius 3 is 2.91 bits per heavy atom. The lowest BCUT2D eigenvalue weighted by atomic mass is 9.89. The van der Waals surface area contributed by atoms with Gasteiger partial charge >= 0.3 is 0 Å². The fourth-order valence-corrected chi connectivity index (χ4v) is 3.32. The number of hydrazone groups is 1. The van der Waals surface area contributed by atoms with Gasteiger partial charge in [0.15, 0.2) is 0 Å². The molecule has 112 valence electrons. The van der Waals surface area contributed by atoms with Crippen LogP contribution in [0.15, 0.2) is 34.7 Å². The van der Waals surface area contributed by atoms with Crippen molar-refractivity contribution >= 4 is 22.2 Å². The van der Waals surface area contributed by atoms with Crippen LogP contribution in [0.1, 0.15) is 38.2 Å². The summed E-state index contributed by atoms with van der Waals surface area (Å²) in [6.45, 7) is 2.28. The van der Waals surface area contributed by atoms with Gasteiger partial charge in [0.2, 0.25) is 5.13 Å². The summed E-state index contributed by atoms with van der Waals surface area (Å²) in [5, 5.41) is 16.2. The van der Waals surface area contributed by atoms with Crippen LogP contribution in [0.3, 0.4) is 0 Å². The van der Waals surface area contributed by atoms with Crippen LogP contribution in [0.4, 0.5) is 5.13 Å². The first-order chi connectivity index (χ1) is 10.7. The minimum Gasteiger partial charge on any atom is -0.253 e. The van der Waals surface area contributed by atoms with E-state index in [9.17, 15) is 0 Å². The number of benzene rings is 1. The number of rotatable bonds is 3. The Bertz CT molecular complexity index is 709. The number of nitriles is 1. The maximum Gasteiger partial charge on any atom is 0.203 e. The summed E-state index contributed by atoms with van der Waals surface area (Å²) in [6, 6.07) is 9.59. The molecule has 1 aromatic carbocycles. The van der Waals surface area contributed by atoms with Crippen molar-refractivity contribution in [2.45, 2.75) is 32.6 Å². The maximum absolute atomic E-state index is 8.83. The minimum absolute atomic E-state index is 0.662. The lowest BCUT2D eigenvalue weighted by Crippen LogP contribution is -2.13. The van der Waals surface area contributed by atoms with E-state index in [1.807, 2.05) is 29.6 Å². The average molecular weight is 310 g/mol. The second kappa shape index (κ2) is 6.71. The molecule has 5 heteroatoms. The molecule has 22 heavy (non-hydrogen) atoms. The first-order valence-corrected chi connectivity index (χ1v) is 8.40. The van der Waals surface area contributed by atoms with Gasteiger partial charge in [0.05, 0.1) is 17.3 Å². The van der Waals surface area contributed by atoms with Crippen LogP contribution in [0.5, 0.6) is 0 Å². The van der Waals surface area contributed by atoms with Crippen LogP contribution in [-0.4, -0.2) is 10.7 Å². The monoisotopic (exact) mass is 310 g/mol. The van der Waals surface area contributed by atoms with Crippen LogP contribution in [0.25, 0.3) is 11.3 Å². The summed E-state index contributed by atoms with van der Waals surface area (Å²) >= 11 is 1.55. The smallest absolute Gasteiger partial charge is 0.203 e. The lowest BCUT2D eigenvalue weighted by molar-refractivity contribution is 0.500. The molecule has 1 fully saturated rings. The highest BCUT2D eigenvalue weighted by molar-refractivity contribution is 7.14. The molecule has 1 saturated carbocycles. The van der Waals surface area contributed by atoms with Gasteiger partial charge in [0.25, 0.3) is 0 Å². The molecular weight excluding hydrogens is 292 g/mol. The maximum atomic E-state index is 8.83. The minimum atomic E-state index is 0.662. The first kappa shape index (κ1) is 14.7. The quantitative estimate of drug-likeness (QED) is 0.839. The van der Waals surface area contributed by atoms with E-state index in [-0.39, 0.29) is 0 Å².